The summed E-state index contributed by atoms with van der Waals surface area (Å²) >= 11 is 0. The van der Waals surface area contributed by atoms with Gasteiger partial charge in [-0.15, -0.1) is 0 Å². The van der Waals surface area contributed by atoms with Crippen LogP contribution in [-0.2, 0) is 19.0 Å². The maximum Gasteiger partial charge on any atom is 0.435 e. The van der Waals surface area contributed by atoms with E-state index in [1.807, 2.05) is 0 Å². The largest absolute Gasteiger partial charge is 0.545 e. The summed E-state index contributed by atoms with van der Waals surface area (Å²) in [6.45, 7) is 1.73. The maximum absolute atomic E-state index is 13.5. The van der Waals surface area contributed by atoms with Crippen LogP contribution in [0.5, 0.6) is 0 Å². The first-order valence-corrected chi connectivity index (χ1v) is 7.86. The van der Waals surface area contributed by atoms with Crippen LogP contribution in [0, 0.1) is 6.92 Å². The molecule has 0 bridgehead atoms. The normalized spacial score (nSPS) is 13.4. The number of nitrogens with zero attached hydrogens (tertiary/aromatic N) is 2. The van der Waals surface area contributed by atoms with Gasteiger partial charge in [-0.2, -0.15) is 18.3 Å². The average Bonchev–Trinajstić information content (AvgIpc) is 3.14. The van der Waals surface area contributed by atoms with Gasteiger partial charge in [-0.05, 0) is 37.1 Å². The fourth-order valence-electron chi connectivity index (χ4n) is 3.30. The number of benzene rings is 1. The van der Waals surface area contributed by atoms with Crippen molar-refractivity contribution >= 4 is 5.97 Å². The molecular formula is C18H12F3N2O3-. The van der Waals surface area contributed by atoms with Gasteiger partial charge in [-0.25, -0.2) is 4.68 Å². The third-order valence-corrected chi connectivity index (χ3v) is 4.39. The Morgan fingerprint density at radius 1 is 1.23 bits per heavy atom. The van der Waals surface area contributed by atoms with E-state index in [2.05, 4.69) is 5.10 Å². The molecule has 1 aliphatic rings. The van der Waals surface area contributed by atoms with Gasteiger partial charge in [0.2, 0.25) is 0 Å². The van der Waals surface area contributed by atoms with Crippen LogP contribution in [-0.4, -0.2) is 15.7 Å². The topological polar surface area (TPSA) is 71.1 Å². The number of hydrogen-bond donors (Lipinski definition) is 0. The number of aromatic nitrogens is 2. The van der Waals surface area contributed by atoms with Crippen molar-refractivity contribution in [2.75, 3.05) is 0 Å². The fraction of sp³-hybridized carbons (Fsp3) is 0.222. The first-order chi connectivity index (χ1) is 12.3. The van der Waals surface area contributed by atoms with Gasteiger partial charge in [-0.3, -0.25) is 0 Å². The number of fused-ring (bicyclic) bond motifs is 3. The van der Waals surface area contributed by atoms with Crippen molar-refractivity contribution < 1.29 is 27.5 Å². The van der Waals surface area contributed by atoms with E-state index in [0.29, 0.717) is 34.9 Å². The predicted molar refractivity (Wildman–Crippen MR) is 82.7 cm³/mol. The van der Waals surface area contributed by atoms with Crippen molar-refractivity contribution in [3.05, 3.63) is 58.7 Å². The molecule has 4 rings (SSSR count). The number of carboxylic acids is 1. The molecule has 5 nitrogen and oxygen atoms in total. The summed E-state index contributed by atoms with van der Waals surface area (Å²) in [4.78, 5) is 10.9. The smallest absolute Gasteiger partial charge is 0.435 e. The van der Waals surface area contributed by atoms with Gasteiger partial charge < -0.3 is 14.3 Å². The van der Waals surface area contributed by atoms with Gasteiger partial charge in [0.05, 0.1) is 17.4 Å². The minimum Gasteiger partial charge on any atom is -0.545 e. The van der Waals surface area contributed by atoms with E-state index in [1.165, 1.54) is 28.9 Å². The van der Waals surface area contributed by atoms with Crippen molar-refractivity contribution in [3.8, 4) is 16.9 Å². The molecular weight excluding hydrogens is 349 g/mol. The summed E-state index contributed by atoms with van der Waals surface area (Å²) < 4.78 is 47.2. The van der Waals surface area contributed by atoms with Crippen LogP contribution in [0.4, 0.5) is 13.2 Å². The minimum atomic E-state index is -4.59. The van der Waals surface area contributed by atoms with E-state index in [1.54, 1.807) is 13.0 Å². The van der Waals surface area contributed by atoms with Crippen molar-refractivity contribution in [2.45, 2.75) is 25.9 Å². The van der Waals surface area contributed by atoms with E-state index in [0.717, 1.165) is 0 Å². The second-order valence-electron chi connectivity index (χ2n) is 6.11. The molecule has 26 heavy (non-hydrogen) atoms. The number of aryl methyl sites for hydroxylation is 2. The fourth-order valence-corrected chi connectivity index (χ4v) is 3.30. The Kier molecular flexibility index (Phi) is 3.47. The van der Waals surface area contributed by atoms with E-state index < -0.39 is 17.8 Å². The van der Waals surface area contributed by atoms with Gasteiger partial charge >= 0.3 is 6.18 Å². The zero-order valence-corrected chi connectivity index (χ0v) is 13.6. The molecule has 0 atom stereocenters. The zero-order chi connectivity index (χ0) is 18.6. The molecule has 134 valence electrons. The Balaban J connectivity index is 1.96. The van der Waals surface area contributed by atoms with Crippen LogP contribution in [0.15, 0.2) is 34.7 Å². The molecule has 3 aromatic rings. The Hall–Kier alpha value is -3.03. The average molecular weight is 361 g/mol. The molecule has 0 unspecified atom stereocenters. The molecule has 1 aromatic carbocycles. The second kappa shape index (κ2) is 5.48. The van der Waals surface area contributed by atoms with Gasteiger partial charge in [0.1, 0.15) is 11.5 Å². The summed E-state index contributed by atoms with van der Waals surface area (Å²) in [5, 5.41) is 14.7. The van der Waals surface area contributed by atoms with Crippen LogP contribution in [0.3, 0.4) is 0 Å². The summed E-state index contributed by atoms with van der Waals surface area (Å²) in [7, 11) is 0. The van der Waals surface area contributed by atoms with Gasteiger partial charge in [0.25, 0.3) is 0 Å². The molecule has 2 heterocycles. The van der Waals surface area contributed by atoms with Crippen LogP contribution < -0.4 is 5.11 Å². The van der Waals surface area contributed by atoms with Crippen molar-refractivity contribution in [1.82, 2.24) is 9.78 Å². The highest BCUT2D eigenvalue weighted by atomic mass is 19.4. The number of aromatic carboxylic acids is 1. The summed E-state index contributed by atoms with van der Waals surface area (Å²) in [6.07, 6.45) is -4.05. The van der Waals surface area contributed by atoms with E-state index >= 15 is 0 Å². The van der Waals surface area contributed by atoms with Crippen LogP contribution in [0.1, 0.15) is 33.1 Å². The quantitative estimate of drug-likeness (QED) is 0.704. The monoisotopic (exact) mass is 361 g/mol. The third-order valence-electron chi connectivity index (χ3n) is 4.39. The number of halogens is 3. The molecule has 0 radical (unpaired) electrons. The number of furan rings is 1. The second-order valence-corrected chi connectivity index (χ2v) is 6.11. The molecule has 0 N–H and O–H groups in total. The van der Waals surface area contributed by atoms with Gasteiger partial charge in [0, 0.05) is 17.5 Å². The molecule has 0 amide bonds. The third kappa shape index (κ3) is 2.49. The molecule has 2 aromatic heterocycles. The van der Waals surface area contributed by atoms with Gasteiger partial charge in [0.15, 0.2) is 5.69 Å². The molecule has 0 aliphatic heterocycles. The number of carbonyl (C=O) groups excluding carboxylic acids is 1. The SMILES string of the molecule is Cc1cc2c(o1)CCc1c(C(F)(F)F)nn(-c3ccc(C(=O)[O-])cc3)c1-2. The van der Waals surface area contributed by atoms with Crippen LogP contribution in [0.25, 0.3) is 16.9 Å². The van der Waals surface area contributed by atoms with Crippen molar-refractivity contribution in [2.24, 2.45) is 0 Å². The van der Waals surface area contributed by atoms with E-state index in [4.69, 9.17) is 4.42 Å². The molecule has 1 aliphatic carbocycles. The standard InChI is InChI=1S/C18H13F3N2O3/c1-9-8-13-14(26-9)7-6-12-15(13)23(22-16(12)18(19,20)21)11-4-2-10(3-5-11)17(24)25/h2-5,8H,6-7H2,1H3,(H,24,25)/p-1. The summed E-state index contributed by atoms with van der Waals surface area (Å²) in [5.74, 6) is -0.129. The molecule has 8 heteroatoms. The lowest BCUT2D eigenvalue weighted by molar-refractivity contribution is -0.255. The number of rotatable bonds is 2. The van der Waals surface area contributed by atoms with E-state index in [9.17, 15) is 23.1 Å². The van der Waals surface area contributed by atoms with Crippen LogP contribution >= 0.6 is 0 Å². The molecule has 0 saturated carbocycles. The highest BCUT2D eigenvalue weighted by molar-refractivity contribution is 5.86. The zero-order valence-electron chi connectivity index (χ0n) is 13.6. The Labute approximate surface area is 145 Å². The maximum atomic E-state index is 13.5. The van der Waals surface area contributed by atoms with Crippen molar-refractivity contribution in [3.63, 3.8) is 0 Å². The van der Waals surface area contributed by atoms with E-state index in [-0.39, 0.29) is 17.5 Å². The number of carboxylic acid groups (broad SMARTS) is 1. The van der Waals surface area contributed by atoms with Crippen molar-refractivity contribution in [1.29, 1.82) is 0 Å². The summed E-state index contributed by atoms with van der Waals surface area (Å²) in [6, 6.07) is 7.05. The first-order valence-electron chi connectivity index (χ1n) is 7.86. The molecule has 0 saturated heterocycles. The number of hydrogen-bond acceptors (Lipinski definition) is 4. The van der Waals surface area contributed by atoms with Crippen LogP contribution in [0.2, 0.25) is 0 Å². The Morgan fingerprint density at radius 2 is 1.92 bits per heavy atom. The lowest BCUT2D eigenvalue weighted by Gasteiger charge is -2.15. The minimum absolute atomic E-state index is 0.0642. The number of alkyl halides is 3. The predicted octanol–water partition coefficient (Wildman–Crippen LogP) is 2.92. The lowest BCUT2D eigenvalue weighted by atomic mass is 9.93. The highest BCUT2D eigenvalue weighted by Crippen LogP contribution is 2.43. The molecule has 0 spiro atoms. The number of carbonyl (C=O) groups is 1. The van der Waals surface area contributed by atoms with Gasteiger partial charge in [-0.1, -0.05) is 12.1 Å². The Morgan fingerprint density at radius 3 is 2.54 bits per heavy atom. The summed E-state index contributed by atoms with van der Waals surface area (Å²) in [5.41, 5.74) is 0.363. The Bertz CT molecular complexity index is 1010. The highest BCUT2D eigenvalue weighted by Gasteiger charge is 2.41. The molecule has 0 fully saturated rings. The lowest BCUT2D eigenvalue weighted by Crippen LogP contribution is -2.22. The first kappa shape index (κ1) is 16.4.